The summed E-state index contributed by atoms with van der Waals surface area (Å²) in [6, 6.07) is 8.33. The first kappa shape index (κ1) is 22.4. The lowest BCUT2D eigenvalue weighted by atomic mass is 9.48. The second-order valence-corrected chi connectivity index (χ2v) is 11.0. The molecule has 2 aromatic rings. The van der Waals surface area contributed by atoms with Crippen LogP contribution in [0.4, 0.5) is 0 Å². The molecule has 0 radical (unpaired) electrons. The summed E-state index contributed by atoms with van der Waals surface area (Å²) in [6.45, 7) is 2.11. The zero-order valence-corrected chi connectivity index (χ0v) is 20.2. The highest BCUT2D eigenvalue weighted by atomic mass is 35.5. The lowest BCUT2D eigenvalue weighted by molar-refractivity contribution is -0.192. The van der Waals surface area contributed by atoms with Crippen molar-refractivity contribution in [3.05, 3.63) is 53.5 Å². The van der Waals surface area contributed by atoms with Crippen molar-refractivity contribution in [2.24, 2.45) is 5.92 Å². The van der Waals surface area contributed by atoms with Crippen LogP contribution in [0.1, 0.15) is 55.2 Å². The molecule has 3 fully saturated rings. The highest BCUT2D eigenvalue weighted by Crippen LogP contribution is 2.64. The van der Waals surface area contributed by atoms with Crippen molar-refractivity contribution in [2.45, 2.75) is 80.6 Å². The Morgan fingerprint density at radius 3 is 2.88 bits per heavy atom. The number of likely N-dealkylation sites (tertiary alicyclic amines) is 1. The van der Waals surface area contributed by atoms with Gasteiger partial charge in [-0.1, -0.05) is 12.1 Å². The second-order valence-electron chi connectivity index (χ2n) is 11.0. The number of carbonyl (C=O) groups is 1. The van der Waals surface area contributed by atoms with Crippen molar-refractivity contribution < 1.29 is 19.1 Å². The lowest BCUT2D eigenvalue weighted by Gasteiger charge is -2.64. The zero-order chi connectivity index (χ0) is 22.2. The number of hydrogen-bond donors (Lipinski definition) is 2. The zero-order valence-electron chi connectivity index (χ0n) is 19.4. The molecule has 2 aliphatic heterocycles. The normalized spacial score (nSPS) is 35.1. The predicted octanol–water partition coefficient (Wildman–Crippen LogP) is 3.38. The number of amides is 1. The van der Waals surface area contributed by atoms with E-state index in [9.17, 15) is 9.90 Å². The molecule has 6 nitrogen and oxygen atoms in total. The van der Waals surface area contributed by atoms with Gasteiger partial charge in [0.25, 0.3) is 0 Å². The van der Waals surface area contributed by atoms with Crippen LogP contribution in [0.25, 0.3) is 0 Å². The Labute approximate surface area is 206 Å². The van der Waals surface area contributed by atoms with Crippen LogP contribution in [-0.4, -0.2) is 52.8 Å². The minimum atomic E-state index is -0.803. The number of nitrogens with one attached hydrogen (secondary N) is 1. The van der Waals surface area contributed by atoms with Crippen LogP contribution in [0.15, 0.2) is 41.2 Å². The number of ether oxygens (including phenoxy) is 1. The highest BCUT2D eigenvalue weighted by molar-refractivity contribution is 5.85. The number of furan rings is 1. The molecule has 2 bridgehead atoms. The first-order valence-corrected chi connectivity index (χ1v) is 12.6. The number of carbonyl (C=O) groups excluding carboxylic acids is 1. The van der Waals surface area contributed by atoms with Crippen LogP contribution < -0.4 is 10.1 Å². The maximum Gasteiger partial charge on any atom is 0.220 e. The van der Waals surface area contributed by atoms with Crippen LogP contribution in [0, 0.1) is 5.92 Å². The van der Waals surface area contributed by atoms with Crippen molar-refractivity contribution in [1.29, 1.82) is 0 Å². The first-order valence-electron chi connectivity index (χ1n) is 12.6. The van der Waals surface area contributed by atoms with Crippen LogP contribution in [0.3, 0.4) is 0 Å². The van der Waals surface area contributed by atoms with Gasteiger partial charge in [-0.25, -0.2) is 0 Å². The fourth-order valence-corrected chi connectivity index (χ4v) is 7.57. The largest absolute Gasteiger partial charge is 0.487 e. The Morgan fingerprint density at radius 1 is 1.21 bits per heavy atom. The molecule has 182 valence electrons. The first-order chi connectivity index (χ1) is 16.1. The summed E-state index contributed by atoms with van der Waals surface area (Å²) in [5.41, 5.74) is 2.37. The number of aliphatic hydroxyl groups is 1. The maximum absolute atomic E-state index is 12.9. The summed E-state index contributed by atoms with van der Waals surface area (Å²) in [5, 5.41) is 15.8. The molecule has 1 amide bonds. The summed E-state index contributed by atoms with van der Waals surface area (Å²) in [5.74, 6) is 1.77. The van der Waals surface area contributed by atoms with E-state index in [1.165, 1.54) is 24.0 Å². The molecule has 3 aliphatic carbocycles. The number of hydrogen-bond acceptors (Lipinski definition) is 5. The highest BCUT2D eigenvalue weighted by Gasteiger charge is 2.72. The SMILES string of the molecule is Cl.O=C(CCc1ccoc1)N[C@H]1CC[C@@]2(O)[C@H]3Cc4cccc5c4[C@@]2(CCN3CC2CC2)[C@H]1O5. The summed E-state index contributed by atoms with van der Waals surface area (Å²) in [6.07, 6.45) is 10.1. The Bertz CT molecular complexity index is 1090. The molecule has 2 N–H and O–H groups in total. The molecule has 1 saturated heterocycles. The smallest absolute Gasteiger partial charge is 0.220 e. The number of rotatable bonds is 6. The number of piperidine rings is 1. The minimum absolute atomic E-state index is 0. The number of halogens is 1. The van der Waals surface area contributed by atoms with E-state index in [0.29, 0.717) is 19.3 Å². The van der Waals surface area contributed by atoms with Gasteiger partial charge in [0.05, 0.1) is 29.6 Å². The molecule has 7 rings (SSSR count). The van der Waals surface area contributed by atoms with Crippen LogP contribution in [0.5, 0.6) is 5.75 Å². The average molecular weight is 485 g/mol. The third-order valence-corrected chi connectivity index (χ3v) is 9.23. The van der Waals surface area contributed by atoms with Crippen molar-refractivity contribution >= 4 is 18.3 Å². The van der Waals surface area contributed by atoms with E-state index in [1.54, 1.807) is 12.5 Å². The molecule has 0 unspecified atom stereocenters. The average Bonchev–Trinajstić information content (AvgIpc) is 3.33. The van der Waals surface area contributed by atoms with Gasteiger partial charge in [0.1, 0.15) is 11.9 Å². The van der Waals surface area contributed by atoms with E-state index >= 15 is 0 Å². The van der Waals surface area contributed by atoms with Gasteiger partial charge >= 0.3 is 0 Å². The number of nitrogens with zero attached hydrogens (tertiary/aromatic N) is 1. The van der Waals surface area contributed by atoms with E-state index in [0.717, 1.165) is 49.6 Å². The van der Waals surface area contributed by atoms with E-state index < -0.39 is 11.0 Å². The van der Waals surface area contributed by atoms with Gasteiger partial charge < -0.3 is 19.6 Å². The van der Waals surface area contributed by atoms with Crippen molar-refractivity contribution in [2.75, 3.05) is 13.1 Å². The third-order valence-electron chi connectivity index (χ3n) is 9.23. The number of aryl methyl sites for hydroxylation is 1. The van der Waals surface area contributed by atoms with Crippen LogP contribution >= 0.6 is 12.4 Å². The Hall–Kier alpha value is -2.02. The van der Waals surface area contributed by atoms with E-state index in [2.05, 4.69) is 28.4 Å². The summed E-state index contributed by atoms with van der Waals surface area (Å²) >= 11 is 0. The molecule has 7 heteroatoms. The van der Waals surface area contributed by atoms with E-state index in [4.69, 9.17) is 9.15 Å². The molecular formula is C27H33ClN2O4. The minimum Gasteiger partial charge on any atom is -0.487 e. The molecule has 1 aromatic heterocycles. The quantitative estimate of drug-likeness (QED) is 0.657. The van der Waals surface area contributed by atoms with Crippen LogP contribution in [0.2, 0.25) is 0 Å². The summed E-state index contributed by atoms with van der Waals surface area (Å²) < 4.78 is 11.8. The van der Waals surface area contributed by atoms with Gasteiger partial charge in [-0.15, -0.1) is 12.4 Å². The molecule has 3 heterocycles. The molecule has 1 aromatic carbocycles. The fraction of sp³-hybridized carbons (Fsp3) is 0.593. The predicted molar refractivity (Wildman–Crippen MR) is 129 cm³/mol. The van der Waals surface area contributed by atoms with E-state index in [1.807, 2.05) is 6.07 Å². The van der Waals surface area contributed by atoms with E-state index in [-0.39, 0.29) is 36.5 Å². The van der Waals surface area contributed by atoms with Gasteiger partial charge in [0.2, 0.25) is 5.91 Å². The Kier molecular flexibility index (Phi) is 5.28. The number of benzene rings is 1. The van der Waals surface area contributed by atoms with Crippen molar-refractivity contribution in [3.8, 4) is 5.75 Å². The van der Waals surface area contributed by atoms with Gasteiger partial charge in [-0.2, -0.15) is 0 Å². The van der Waals surface area contributed by atoms with Crippen molar-refractivity contribution in [1.82, 2.24) is 10.2 Å². The Morgan fingerprint density at radius 2 is 2.09 bits per heavy atom. The van der Waals surface area contributed by atoms with Crippen molar-refractivity contribution in [3.63, 3.8) is 0 Å². The molecule has 5 aliphatic rings. The Balaban J connectivity index is 0.00000217. The molecule has 34 heavy (non-hydrogen) atoms. The van der Waals surface area contributed by atoms with Gasteiger partial charge in [-0.3, -0.25) is 9.69 Å². The second kappa shape index (κ2) is 8.00. The summed E-state index contributed by atoms with van der Waals surface area (Å²) in [4.78, 5) is 15.5. The standard InChI is InChI=1S/C27H32N2O4.ClH/c30-23(7-6-18-9-13-32-16-18)28-20-8-10-27(31)22-14-19-2-1-3-21-24(19)26(27,25(20)33-21)11-12-29(22)15-17-4-5-17;/h1-3,9,13,16-17,20,22,25,31H,4-8,10-12,14-15H2,(H,28,30);1H/t20-,22+,25-,26-,27+;/m0./s1. The summed E-state index contributed by atoms with van der Waals surface area (Å²) in [7, 11) is 0. The van der Waals surface area contributed by atoms with Gasteiger partial charge in [-0.05, 0) is 80.7 Å². The fourth-order valence-electron chi connectivity index (χ4n) is 7.57. The lowest BCUT2D eigenvalue weighted by Crippen LogP contribution is -2.78. The molecule has 5 atom stereocenters. The molecule has 1 spiro atoms. The molecule has 2 saturated carbocycles. The molecular weight excluding hydrogens is 452 g/mol. The van der Waals surface area contributed by atoms with Gasteiger partial charge in [0.15, 0.2) is 0 Å². The maximum atomic E-state index is 12.9. The van der Waals surface area contributed by atoms with Crippen LogP contribution in [-0.2, 0) is 23.1 Å². The van der Waals surface area contributed by atoms with Gasteiger partial charge in [0, 0.05) is 24.6 Å². The topological polar surface area (TPSA) is 74.9 Å². The monoisotopic (exact) mass is 484 g/mol. The third kappa shape index (κ3) is 3.11.